The van der Waals surface area contributed by atoms with Gasteiger partial charge in [-0.15, -0.1) is 0 Å². The maximum atomic E-state index is 6.25. The van der Waals surface area contributed by atoms with Crippen LogP contribution in [0.5, 0.6) is 0 Å². The predicted octanol–water partition coefficient (Wildman–Crippen LogP) is 2.40. The van der Waals surface area contributed by atoms with Gasteiger partial charge in [0, 0.05) is 19.1 Å². The van der Waals surface area contributed by atoms with Crippen LogP contribution in [0.2, 0.25) is 0 Å². The van der Waals surface area contributed by atoms with Gasteiger partial charge in [-0.2, -0.15) is 0 Å². The van der Waals surface area contributed by atoms with Crippen molar-refractivity contribution in [3.63, 3.8) is 0 Å². The maximum absolute atomic E-state index is 6.25. The zero-order valence-electron chi connectivity index (χ0n) is 11.4. The van der Waals surface area contributed by atoms with Crippen LogP contribution >= 0.6 is 0 Å². The topological polar surface area (TPSA) is 67.1 Å². The van der Waals surface area contributed by atoms with Gasteiger partial charge >= 0.3 is 0 Å². The first-order chi connectivity index (χ1) is 9.34. The van der Waals surface area contributed by atoms with Gasteiger partial charge in [-0.25, -0.2) is 9.97 Å². The molecule has 2 heterocycles. The number of hydrogen-bond donors (Lipinski definition) is 2. The monoisotopic (exact) mass is 261 g/mol. The van der Waals surface area contributed by atoms with Crippen LogP contribution in [-0.2, 0) is 0 Å². The third kappa shape index (κ3) is 2.74. The van der Waals surface area contributed by atoms with Crippen molar-refractivity contribution in [2.45, 2.75) is 51.0 Å². The molecule has 0 radical (unpaired) electrons. The molecule has 1 saturated carbocycles. The molecule has 3 N–H and O–H groups in total. The van der Waals surface area contributed by atoms with Crippen LogP contribution < -0.4 is 16.0 Å². The summed E-state index contributed by atoms with van der Waals surface area (Å²) in [6.07, 6.45) is 10.5. The smallest absolute Gasteiger partial charge is 0.157 e. The fourth-order valence-corrected chi connectivity index (χ4v) is 3.12. The molecule has 1 aliphatic heterocycles. The number of nitrogen functional groups attached to an aromatic ring is 1. The van der Waals surface area contributed by atoms with Crippen molar-refractivity contribution in [1.29, 1.82) is 0 Å². The molecular weight excluding hydrogens is 238 g/mol. The highest BCUT2D eigenvalue weighted by atomic mass is 15.2. The largest absolute Gasteiger partial charge is 0.393 e. The van der Waals surface area contributed by atoms with Gasteiger partial charge in [-0.3, -0.25) is 0 Å². The lowest BCUT2D eigenvalue weighted by Crippen LogP contribution is -2.25. The fourth-order valence-electron chi connectivity index (χ4n) is 3.12. The van der Waals surface area contributed by atoms with E-state index in [0.29, 0.717) is 6.04 Å². The molecule has 2 aliphatic rings. The third-order valence-electron chi connectivity index (χ3n) is 4.21. The van der Waals surface area contributed by atoms with Crippen molar-refractivity contribution in [3.8, 4) is 0 Å². The number of nitrogens with one attached hydrogen (secondary N) is 1. The van der Waals surface area contributed by atoms with Gasteiger partial charge in [0.15, 0.2) is 11.6 Å². The summed E-state index contributed by atoms with van der Waals surface area (Å²) < 4.78 is 0. The number of rotatable bonds is 3. The van der Waals surface area contributed by atoms with E-state index in [-0.39, 0.29) is 0 Å². The van der Waals surface area contributed by atoms with Gasteiger partial charge in [0.1, 0.15) is 12.0 Å². The highest BCUT2D eigenvalue weighted by Gasteiger charge is 2.20. The summed E-state index contributed by atoms with van der Waals surface area (Å²) in [6.45, 7) is 2.12. The van der Waals surface area contributed by atoms with Crippen LogP contribution in [0.1, 0.15) is 44.9 Å². The normalized spacial score (nSPS) is 20.7. The van der Waals surface area contributed by atoms with E-state index in [2.05, 4.69) is 20.2 Å². The quantitative estimate of drug-likeness (QED) is 0.874. The lowest BCUT2D eigenvalue weighted by Gasteiger charge is -2.25. The number of anilines is 3. The summed E-state index contributed by atoms with van der Waals surface area (Å²) in [6, 6.07) is 0.525. The summed E-state index contributed by atoms with van der Waals surface area (Å²) in [5, 5.41) is 3.51. The second kappa shape index (κ2) is 5.63. The first kappa shape index (κ1) is 12.5. The highest BCUT2D eigenvalue weighted by molar-refractivity contribution is 5.75. The minimum Gasteiger partial charge on any atom is -0.393 e. The van der Waals surface area contributed by atoms with Crippen molar-refractivity contribution >= 4 is 17.3 Å². The molecular formula is C14H23N5. The molecule has 19 heavy (non-hydrogen) atoms. The predicted molar refractivity (Wildman–Crippen MR) is 78.4 cm³/mol. The van der Waals surface area contributed by atoms with E-state index >= 15 is 0 Å². The molecule has 5 heteroatoms. The molecule has 104 valence electrons. The van der Waals surface area contributed by atoms with Crippen molar-refractivity contribution in [1.82, 2.24) is 9.97 Å². The zero-order chi connectivity index (χ0) is 13.1. The van der Waals surface area contributed by atoms with Gasteiger partial charge in [0.05, 0.1) is 0 Å². The van der Waals surface area contributed by atoms with E-state index in [1.54, 1.807) is 6.33 Å². The Hall–Kier alpha value is -1.52. The molecule has 1 aromatic heterocycles. The van der Waals surface area contributed by atoms with Crippen LogP contribution in [0.4, 0.5) is 17.3 Å². The Morgan fingerprint density at radius 3 is 2.53 bits per heavy atom. The number of nitrogens with zero attached hydrogens (tertiary/aromatic N) is 3. The Labute approximate surface area is 114 Å². The maximum Gasteiger partial charge on any atom is 0.157 e. The average molecular weight is 261 g/mol. The van der Waals surface area contributed by atoms with Gasteiger partial charge in [0.2, 0.25) is 0 Å². The number of nitrogens with two attached hydrogens (primary N) is 1. The van der Waals surface area contributed by atoms with Crippen molar-refractivity contribution < 1.29 is 0 Å². The Kier molecular flexibility index (Phi) is 3.71. The molecule has 0 unspecified atom stereocenters. The first-order valence-electron chi connectivity index (χ1n) is 7.46. The molecule has 3 rings (SSSR count). The minimum absolute atomic E-state index is 0.525. The molecule has 0 amide bonds. The molecule has 0 bridgehead atoms. The van der Waals surface area contributed by atoms with Crippen LogP contribution in [0, 0.1) is 0 Å². The van der Waals surface area contributed by atoms with E-state index < -0.39 is 0 Å². The summed E-state index contributed by atoms with van der Waals surface area (Å²) in [4.78, 5) is 11.0. The van der Waals surface area contributed by atoms with Crippen LogP contribution in [0.15, 0.2) is 6.33 Å². The van der Waals surface area contributed by atoms with Gasteiger partial charge < -0.3 is 16.0 Å². The van der Waals surface area contributed by atoms with Crippen LogP contribution in [0.3, 0.4) is 0 Å². The van der Waals surface area contributed by atoms with Gasteiger partial charge in [-0.05, 0) is 25.7 Å². The van der Waals surface area contributed by atoms with E-state index in [4.69, 9.17) is 5.73 Å². The first-order valence-corrected chi connectivity index (χ1v) is 7.46. The summed E-state index contributed by atoms with van der Waals surface area (Å²) in [7, 11) is 0. The molecule has 1 saturated heterocycles. The lowest BCUT2D eigenvalue weighted by atomic mass is 9.95. The van der Waals surface area contributed by atoms with Crippen molar-refractivity contribution in [2.24, 2.45) is 0 Å². The molecule has 0 atom stereocenters. The summed E-state index contributed by atoms with van der Waals surface area (Å²) >= 11 is 0. The van der Waals surface area contributed by atoms with Crippen molar-refractivity contribution in [3.05, 3.63) is 6.33 Å². The standard InChI is InChI=1S/C14H23N5/c15-12-13(18-11-6-2-1-3-7-11)16-10-17-14(12)19-8-4-5-9-19/h10-11H,1-9,15H2,(H,16,17,18). The Bertz CT molecular complexity index is 422. The highest BCUT2D eigenvalue weighted by Crippen LogP contribution is 2.30. The van der Waals surface area contributed by atoms with Crippen LogP contribution in [-0.4, -0.2) is 29.1 Å². The summed E-state index contributed by atoms with van der Waals surface area (Å²) in [5.41, 5.74) is 6.97. The average Bonchev–Trinajstić information content (AvgIpc) is 2.96. The van der Waals surface area contributed by atoms with E-state index in [1.165, 1.54) is 44.9 Å². The van der Waals surface area contributed by atoms with Gasteiger partial charge in [-0.1, -0.05) is 19.3 Å². The lowest BCUT2D eigenvalue weighted by molar-refractivity contribution is 0.462. The number of hydrogen-bond acceptors (Lipinski definition) is 5. The van der Waals surface area contributed by atoms with E-state index in [9.17, 15) is 0 Å². The Balaban J connectivity index is 1.75. The Morgan fingerprint density at radius 2 is 1.79 bits per heavy atom. The molecule has 0 aromatic carbocycles. The zero-order valence-corrected chi connectivity index (χ0v) is 11.4. The molecule has 0 spiro atoms. The van der Waals surface area contributed by atoms with Gasteiger partial charge in [0.25, 0.3) is 0 Å². The second-order valence-corrected chi connectivity index (χ2v) is 5.63. The van der Waals surface area contributed by atoms with Crippen molar-refractivity contribution in [2.75, 3.05) is 29.0 Å². The molecule has 1 aliphatic carbocycles. The molecule has 5 nitrogen and oxygen atoms in total. The van der Waals surface area contributed by atoms with E-state index in [1.807, 2.05) is 0 Å². The Morgan fingerprint density at radius 1 is 1.05 bits per heavy atom. The summed E-state index contributed by atoms with van der Waals surface area (Å²) in [5.74, 6) is 1.73. The second-order valence-electron chi connectivity index (χ2n) is 5.63. The van der Waals surface area contributed by atoms with E-state index in [0.717, 1.165) is 30.4 Å². The SMILES string of the molecule is Nc1c(NC2CCCCC2)ncnc1N1CCCC1. The molecule has 1 aromatic rings. The third-order valence-corrected chi connectivity index (χ3v) is 4.21. The van der Waals surface area contributed by atoms with Crippen LogP contribution in [0.25, 0.3) is 0 Å². The minimum atomic E-state index is 0.525. The number of aromatic nitrogens is 2. The molecule has 2 fully saturated rings. The fraction of sp³-hybridized carbons (Fsp3) is 0.714.